The van der Waals surface area contributed by atoms with Crippen LogP contribution in [0.1, 0.15) is 71.6 Å². The first-order valence-corrected chi connectivity index (χ1v) is 12.9. The molecule has 27 heavy (non-hydrogen) atoms. The van der Waals surface area contributed by atoms with Crippen LogP contribution in [0.25, 0.3) is 0 Å². The molecule has 0 saturated heterocycles. The summed E-state index contributed by atoms with van der Waals surface area (Å²) in [5.74, 6) is -1.45. The molecule has 0 aromatic carbocycles. The summed E-state index contributed by atoms with van der Waals surface area (Å²) in [5.41, 5.74) is 0. The van der Waals surface area contributed by atoms with Crippen LogP contribution in [0, 0.1) is 17.8 Å². The monoisotopic (exact) mass is 608 g/mol. The third kappa shape index (κ3) is 10.2. The Labute approximate surface area is 190 Å². The summed E-state index contributed by atoms with van der Waals surface area (Å²) in [6.07, 6.45) is 13.0. The number of alkyl halides is 2. The second kappa shape index (κ2) is 14.5. The predicted octanol–water partition coefficient (Wildman–Crippen LogP) is 9.20. The summed E-state index contributed by atoms with van der Waals surface area (Å²) >= 11 is 5.06. The number of rotatable bonds is 12. The lowest BCUT2D eigenvalue weighted by Crippen LogP contribution is -2.16. The molecular weight excluding hydrogens is 575 g/mol. The second-order valence-electron chi connectivity index (χ2n) is 7.56. The fourth-order valence-corrected chi connectivity index (χ4v) is 5.69. The molecule has 0 N–H and O–H groups in total. The predicted molar refractivity (Wildman–Crippen MR) is 128 cm³/mol. The molecular formula is C22H33F3I2. The Hall–Kier alpha value is 0.470. The van der Waals surface area contributed by atoms with Crippen molar-refractivity contribution < 1.29 is 13.2 Å². The van der Waals surface area contributed by atoms with Gasteiger partial charge in [-0.3, -0.25) is 0 Å². The van der Waals surface area contributed by atoms with Crippen LogP contribution in [0.5, 0.6) is 0 Å². The molecule has 1 rings (SSSR count). The zero-order valence-electron chi connectivity index (χ0n) is 16.5. The van der Waals surface area contributed by atoms with E-state index in [2.05, 4.69) is 71.2 Å². The number of hydrogen-bond acceptors (Lipinski definition) is 0. The van der Waals surface area contributed by atoms with Gasteiger partial charge in [-0.15, -0.1) is 0 Å². The molecule has 0 spiro atoms. The van der Waals surface area contributed by atoms with Crippen LogP contribution in [0.3, 0.4) is 0 Å². The summed E-state index contributed by atoms with van der Waals surface area (Å²) in [4.78, 5) is 0. The van der Waals surface area contributed by atoms with Crippen molar-refractivity contribution in [2.45, 2.75) is 75.6 Å². The van der Waals surface area contributed by atoms with Gasteiger partial charge in [0, 0.05) is 14.8 Å². The molecule has 1 aliphatic carbocycles. The van der Waals surface area contributed by atoms with Crippen molar-refractivity contribution >= 4 is 45.2 Å². The Bertz CT molecular complexity index is 514. The minimum atomic E-state index is -0.954. The summed E-state index contributed by atoms with van der Waals surface area (Å²) in [6, 6.07) is 0. The van der Waals surface area contributed by atoms with Crippen molar-refractivity contribution in [2.24, 2.45) is 17.8 Å². The standard InChI is InChI=1S/C22H33F3I2/c1-3-6-17(18(15-26)10-11-20(27)7-4-2)9-5-8-16-12-19(23)14-22(25)21(24)13-16/h5,9,12,16-18,20H,3-4,6-8,10-11,13-15H2,1-2H3/b9-5-/t16?,17?,18-,20?/m0/s1. The van der Waals surface area contributed by atoms with E-state index >= 15 is 0 Å². The van der Waals surface area contributed by atoms with Gasteiger partial charge in [0.2, 0.25) is 0 Å². The van der Waals surface area contributed by atoms with Crippen LogP contribution in [-0.4, -0.2) is 8.35 Å². The zero-order valence-corrected chi connectivity index (χ0v) is 20.8. The molecule has 156 valence electrons. The molecule has 0 aromatic rings. The van der Waals surface area contributed by atoms with Crippen molar-refractivity contribution in [3.05, 3.63) is 35.7 Å². The summed E-state index contributed by atoms with van der Waals surface area (Å²) in [7, 11) is 0. The van der Waals surface area contributed by atoms with Gasteiger partial charge in [0.05, 0.1) is 6.42 Å². The first kappa shape index (κ1) is 25.5. The Morgan fingerprint density at radius 2 is 1.78 bits per heavy atom. The van der Waals surface area contributed by atoms with E-state index in [9.17, 15) is 13.2 Å². The van der Waals surface area contributed by atoms with Crippen LogP contribution in [0.2, 0.25) is 0 Å². The molecule has 4 atom stereocenters. The maximum atomic E-state index is 13.7. The maximum Gasteiger partial charge on any atom is 0.138 e. The minimum Gasteiger partial charge on any atom is -0.212 e. The molecule has 0 aliphatic heterocycles. The van der Waals surface area contributed by atoms with Crippen molar-refractivity contribution in [3.8, 4) is 0 Å². The number of halogens is 5. The van der Waals surface area contributed by atoms with E-state index in [4.69, 9.17) is 0 Å². The molecule has 0 amide bonds. The molecule has 5 heteroatoms. The highest BCUT2D eigenvalue weighted by Crippen LogP contribution is 2.32. The fraction of sp³-hybridized carbons (Fsp3) is 0.727. The fourth-order valence-electron chi connectivity index (χ4n) is 3.62. The molecule has 0 saturated carbocycles. The van der Waals surface area contributed by atoms with Crippen LogP contribution < -0.4 is 0 Å². The maximum absolute atomic E-state index is 13.7. The minimum absolute atomic E-state index is 0.0364. The molecule has 1 aliphatic rings. The van der Waals surface area contributed by atoms with E-state index in [0.29, 0.717) is 18.3 Å². The van der Waals surface area contributed by atoms with Crippen molar-refractivity contribution in [1.29, 1.82) is 0 Å². The molecule has 0 aromatic heterocycles. The smallest absolute Gasteiger partial charge is 0.138 e. The van der Waals surface area contributed by atoms with Crippen LogP contribution in [0.15, 0.2) is 35.7 Å². The summed E-state index contributed by atoms with van der Waals surface area (Å²) in [6.45, 7) is 4.44. The first-order chi connectivity index (χ1) is 12.9. The Kier molecular flexibility index (Phi) is 13.7. The molecule has 3 unspecified atom stereocenters. The van der Waals surface area contributed by atoms with Crippen LogP contribution in [-0.2, 0) is 0 Å². The van der Waals surface area contributed by atoms with E-state index < -0.39 is 23.9 Å². The van der Waals surface area contributed by atoms with Crippen LogP contribution >= 0.6 is 45.2 Å². The number of allylic oxidation sites excluding steroid dienone is 6. The average molecular weight is 608 g/mol. The molecule has 0 nitrogen and oxygen atoms in total. The Morgan fingerprint density at radius 3 is 2.41 bits per heavy atom. The van der Waals surface area contributed by atoms with Gasteiger partial charge in [0.1, 0.15) is 17.5 Å². The quantitative estimate of drug-likeness (QED) is 0.118. The average Bonchev–Trinajstić information content (AvgIpc) is 2.73. The van der Waals surface area contributed by atoms with Gasteiger partial charge in [-0.2, -0.15) is 0 Å². The van der Waals surface area contributed by atoms with Gasteiger partial charge in [-0.1, -0.05) is 84.0 Å². The zero-order chi connectivity index (χ0) is 20.2. The number of hydrogen-bond donors (Lipinski definition) is 0. The highest BCUT2D eigenvalue weighted by molar-refractivity contribution is 14.1. The molecule has 0 heterocycles. The van der Waals surface area contributed by atoms with Crippen molar-refractivity contribution in [2.75, 3.05) is 4.43 Å². The van der Waals surface area contributed by atoms with Crippen molar-refractivity contribution in [3.63, 3.8) is 0 Å². The highest BCUT2D eigenvalue weighted by atomic mass is 127. The van der Waals surface area contributed by atoms with E-state index in [0.717, 1.165) is 21.2 Å². The second-order valence-corrected chi connectivity index (χ2v) is 10.2. The van der Waals surface area contributed by atoms with Gasteiger partial charge in [-0.25, -0.2) is 13.2 Å². The van der Waals surface area contributed by atoms with E-state index in [-0.39, 0.29) is 12.3 Å². The van der Waals surface area contributed by atoms with Gasteiger partial charge >= 0.3 is 0 Å². The first-order valence-electron chi connectivity index (χ1n) is 10.2. The van der Waals surface area contributed by atoms with Gasteiger partial charge in [0.15, 0.2) is 0 Å². The third-order valence-corrected chi connectivity index (χ3v) is 7.55. The Morgan fingerprint density at radius 1 is 1.07 bits per heavy atom. The van der Waals surface area contributed by atoms with E-state index in [1.165, 1.54) is 31.8 Å². The molecule has 0 radical (unpaired) electrons. The largest absolute Gasteiger partial charge is 0.212 e. The summed E-state index contributed by atoms with van der Waals surface area (Å²) < 4.78 is 42.6. The normalized spacial score (nSPS) is 21.9. The van der Waals surface area contributed by atoms with Gasteiger partial charge in [-0.05, 0) is 55.9 Å². The lowest BCUT2D eigenvalue weighted by atomic mass is 9.85. The van der Waals surface area contributed by atoms with Gasteiger partial charge in [0.25, 0.3) is 0 Å². The lowest BCUT2D eigenvalue weighted by molar-refractivity contribution is 0.376. The molecule has 0 fully saturated rings. The summed E-state index contributed by atoms with van der Waals surface area (Å²) in [5, 5.41) is 0. The molecule has 0 bridgehead atoms. The third-order valence-electron chi connectivity index (χ3n) is 5.18. The van der Waals surface area contributed by atoms with Crippen molar-refractivity contribution in [1.82, 2.24) is 0 Å². The lowest BCUT2D eigenvalue weighted by Gasteiger charge is -2.24. The topological polar surface area (TPSA) is 0 Å². The van der Waals surface area contributed by atoms with E-state index in [1.807, 2.05) is 0 Å². The highest BCUT2D eigenvalue weighted by Gasteiger charge is 2.21. The Balaban J connectivity index is 2.67. The SMILES string of the molecule is CCCC(I)CC[C@@H](CI)C(/C=C\CC1C=C(F)CC(F)=C(F)C1)CCC. The van der Waals surface area contributed by atoms with Gasteiger partial charge < -0.3 is 0 Å². The van der Waals surface area contributed by atoms with E-state index in [1.54, 1.807) is 0 Å². The van der Waals surface area contributed by atoms with Crippen LogP contribution in [0.4, 0.5) is 13.2 Å².